The SMILES string of the molecule is Oc1c(Cc2ccccc2)c(Cl)nc2ncnn12. The van der Waals surface area contributed by atoms with E-state index >= 15 is 0 Å². The molecule has 0 amide bonds. The summed E-state index contributed by atoms with van der Waals surface area (Å²) in [5, 5.41) is 14.3. The first-order chi connectivity index (χ1) is 8.75. The first-order valence-electron chi connectivity index (χ1n) is 5.36. The Hall–Kier alpha value is -2.14. The van der Waals surface area contributed by atoms with Gasteiger partial charge in [0, 0.05) is 6.42 Å². The van der Waals surface area contributed by atoms with Crippen molar-refractivity contribution in [3.63, 3.8) is 0 Å². The highest BCUT2D eigenvalue weighted by molar-refractivity contribution is 6.30. The number of hydrogen-bond donors (Lipinski definition) is 1. The number of fused-ring (bicyclic) bond motifs is 1. The molecule has 3 aromatic rings. The molecule has 1 aromatic carbocycles. The van der Waals surface area contributed by atoms with Crippen LogP contribution in [0.3, 0.4) is 0 Å². The maximum absolute atomic E-state index is 10.1. The molecule has 0 fully saturated rings. The van der Waals surface area contributed by atoms with Gasteiger partial charge < -0.3 is 5.11 Å². The summed E-state index contributed by atoms with van der Waals surface area (Å²) in [6, 6.07) is 9.72. The van der Waals surface area contributed by atoms with Crippen molar-refractivity contribution in [2.45, 2.75) is 6.42 Å². The Morgan fingerprint density at radius 3 is 2.78 bits per heavy atom. The van der Waals surface area contributed by atoms with E-state index in [0.717, 1.165) is 5.56 Å². The zero-order valence-corrected chi connectivity index (χ0v) is 10.0. The lowest BCUT2D eigenvalue weighted by Gasteiger charge is -2.07. The molecule has 0 unspecified atom stereocenters. The standard InChI is InChI=1S/C12H9ClN4O/c13-10-9(6-8-4-2-1-3-5-8)11(18)17-12(16-10)14-7-15-17/h1-5,7,18H,6H2. The molecule has 3 rings (SSSR count). The lowest BCUT2D eigenvalue weighted by atomic mass is 10.1. The van der Waals surface area contributed by atoms with Crippen LogP contribution in [0.4, 0.5) is 0 Å². The van der Waals surface area contributed by atoms with E-state index in [2.05, 4.69) is 15.1 Å². The van der Waals surface area contributed by atoms with E-state index in [1.165, 1.54) is 10.8 Å². The van der Waals surface area contributed by atoms with Crippen LogP contribution in [0.1, 0.15) is 11.1 Å². The van der Waals surface area contributed by atoms with E-state index < -0.39 is 0 Å². The zero-order valence-electron chi connectivity index (χ0n) is 9.29. The number of aromatic hydroxyl groups is 1. The molecule has 0 aliphatic carbocycles. The van der Waals surface area contributed by atoms with Crippen molar-refractivity contribution in [2.75, 3.05) is 0 Å². The molecule has 0 bridgehead atoms. The quantitative estimate of drug-likeness (QED) is 0.717. The molecule has 0 spiro atoms. The lowest BCUT2D eigenvalue weighted by molar-refractivity contribution is 0.429. The summed E-state index contributed by atoms with van der Waals surface area (Å²) in [5.74, 6) is 0.265. The molecule has 0 atom stereocenters. The van der Waals surface area contributed by atoms with Gasteiger partial charge >= 0.3 is 0 Å². The van der Waals surface area contributed by atoms with Gasteiger partial charge in [0.05, 0.1) is 5.56 Å². The van der Waals surface area contributed by atoms with E-state index in [0.29, 0.717) is 12.0 Å². The Balaban J connectivity index is 2.11. The Kier molecular flexibility index (Phi) is 2.60. The van der Waals surface area contributed by atoms with E-state index in [1.807, 2.05) is 30.3 Å². The third-order valence-electron chi connectivity index (χ3n) is 2.67. The van der Waals surface area contributed by atoms with E-state index in [1.54, 1.807) is 0 Å². The van der Waals surface area contributed by atoms with Gasteiger partial charge in [0.15, 0.2) is 0 Å². The molecule has 90 valence electrons. The first-order valence-corrected chi connectivity index (χ1v) is 5.74. The molecule has 1 N–H and O–H groups in total. The second-order valence-electron chi connectivity index (χ2n) is 3.84. The second-order valence-corrected chi connectivity index (χ2v) is 4.20. The van der Waals surface area contributed by atoms with Crippen molar-refractivity contribution in [3.8, 4) is 5.88 Å². The van der Waals surface area contributed by atoms with Gasteiger partial charge in [-0.25, -0.2) is 0 Å². The Morgan fingerprint density at radius 2 is 2.00 bits per heavy atom. The summed E-state index contributed by atoms with van der Waals surface area (Å²) >= 11 is 6.06. The Bertz CT molecular complexity index is 696. The number of rotatable bonds is 2. The maximum atomic E-state index is 10.1. The Labute approximate surface area is 108 Å². The number of aromatic nitrogens is 4. The van der Waals surface area contributed by atoms with E-state index in [-0.39, 0.29) is 16.8 Å². The minimum Gasteiger partial charge on any atom is -0.493 e. The van der Waals surface area contributed by atoms with Gasteiger partial charge in [0.2, 0.25) is 5.88 Å². The van der Waals surface area contributed by atoms with Crippen LogP contribution < -0.4 is 0 Å². The fourth-order valence-corrected chi connectivity index (χ4v) is 2.02. The van der Waals surface area contributed by atoms with Crippen molar-refractivity contribution < 1.29 is 5.11 Å². The number of benzene rings is 1. The lowest BCUT2D eigenvalue weighted by Crippen LogP contribution is -2.00. The summed E-state index contributed by atoms with van der Waals surface area (Å²) in [5.41, 5.74) is 1.58. The van der Waals surface area contributed by atoms with Crippen molar-refractivity contribution in [1.29, 1.82) is 0 Å². The fraction of sp³-hybridized carbons (Fsp3) is 0.0833. The molecule has 0 radical (unpaired) electrons. The van der Waals surface area contributed by atoms with Gasteiger partial charge in [-0.1, -0.05) is 41.9 Å². The van der Waals surface area contributed by atoms with Crippen LogP contribution in [0.2, 0.25) is 5.15 Å². The van der Waals surface area contributed by atoms with Gasteiger partial charge in [0.25, 0.3) is 5.78 Å². The average Bonchev–Trinajstić information content (AvgIpc) is 2.84. The van der Waals surface area contributed by atoms with Crippen LogP contribution in [0, 0.1) is 0 Å². The molecular weight excluding hydrogens is 252 g/mol. The molecule has 18 heavy (non-hydrogen) atoms. The average molecular weight is 261 g/mol. The minimum atomic E-state index is -0.0219. The predicted molar refractivity (Wildman–Crippen MR) is 66.7 cm³/mol. The largest absolute Gasteiger partial charge is 0.493 e. The molecule has 2 aromatic heterocycles. The third kappa shape index (κ3) is 1.78. The van der Waals surface area contributed by atoms with Crippen LogP contribution in [0.25, 0.3) is 5.78 Å². The normalized spacial score (nSPS) is 10.9. The molecule has 0 aliphatic rings. The zero-order chi connectivity index (χ0) is 12.5. The topological polar surface area (TPSA) is 63.3 Å². The molecule has 0 aliphatic heterocycles. The number of nitrogens with zero attached hydrogens (tertiary/aromatic N) is 4. The summed E-state index contributed by atoms with van der Waals surface area (Å²) in [6.45, 7) is 0. The van der Waals surface area contributed by atoms with Crippen LogP contribution in [-0.4, -0.2) is 24.7 Å². The van der Waals surface area contributed by atoms with Crippen LogP contribution in [0.15, 0.2) is 36.7 Å². The fourth-order valence-electron chi connectivity index (χ4n) is 1.79. The first kappa shape index (κ1) is 11.0. The molecular formula is C12H9ClN4O. The van der Waals surface area contributed by atoms with Crippen LogP contribution in [0.5, 0.6) is 5.88 Å². The highest BCUT2D eigenvalue weighted by Crippen LogP contribution is 2.26. The monoisotopic (exact) mass is 260 g/mol. The molecule has 0 saturated heterocycles. The van der Waals surface area contributed by atoms with E-state index in [4.69, 9.17) is 11.6 Å². The van der Waals surface area contributed by atoms with Gasteiger partial charge in [-0.3, -0.25) is 0 Å². The van der Waals surface area contributed by atoms with Crippen molar-refractivity contribution in [1.82, 2.24) is 19.6 Å². The smallest absolute Gasteiger partial charge is 0.256 e. The number of halogens is 1. The summed E-state index contributed by atoms with van der Waals surface area (Å²) in [6.07, 6.45) is 1.82. The molecule has 5 nitrogen and oxygen atoms in total. The van der Waals surface area contributed by atoms with Gasteiger partial charge in [-0.15, -0.1) is 0 Å². The summed E-state index contributed by atoms with van der Waals surface area (Å²) in [7, 11) is 0. The summed E-state index contributed by atoms with van der Waals surface area (Å²) < 4.78 is 1.27. The number of hydrogen-bond acceptors (Lipinski definition) is 4. The van der Waals surface area contributed by atoms with Crippen molar-refractivity contribution in [3.05, 3.63) is 52.9 Å². The van der Waals surface area contributed by atoms with Crippen molar-refractivity contribution >= 4 is 17.4 Å². The molecule has 6 heteroatoms. The minimum absolute atomic E-state index is 0.0219. The maximum Gasteiger partial charge on any atom is 0.256 e. The van der Waals surface area contributed by atoms with Crippen LogP contribution in [-0.2, 0) is 6.42 Å². The molecule has 0 saturated carbocycles. The van der Waals surface area contributed by atoms with Crippen molar-refractivity contribution in [2.24, 2.45) is 0 Å². The third-order valence-corrected chi connectivity index (χ3v) is 2.98. The molecule has 2 heterocycles. The second kappa shape index (κ2) is 4.27. The predicted octanol–water partition coefficient (Wildman–Crippen LogP) is 2.07. The summed E-state index contributed by atoms with van der Waals surface area (Å²) in [4.78, 5) is 7.97. The van der Waals surface area contributed by atoms with E-state index in [9.17, 15) is 5.11 Å². The van der Waals surface area contributed by atoms with Crippen LogP contribution >= 0.6 is 11.6 Å². The van der Waals surface area contributed by atoms with Gasteiger partial charge in [-0.2, -0.15) is 19.6 Å². The highest BCUT2D eigenvalue weighted by atomic mass is 35.5. The Morgan fingerprint density at radius 1 is 1.22 bits per heavy atom. The highest BCUT2D eigenvalue weighted by Gasteiger charge is 2.14. The van der Waals surface area contributed by atoms with Gasteiger partial charge in [-0.05, 0) is 5.56 Å². The van der Waals surface area contributed by atoms with Gasteiger partial charge in [0.1, 0.15) is 11.5 Å².